The van der Waals surface area contributed by atoms with Crippen LogP contribution < -0.4 is 5.32 Å². The van der Waals surface area contributed by atoms with Gasteiger partial charge in [-0.3, -0.25) is 0 Å². The Morgan fingerprint density at radius 2 is 2.19 bits per heavy atom. The van der Waals surface area contributed by atoms with E-state index in [9.17, 15) is 13.2 Å². The van der Waals surface area contributed by atoms with Crippen LogP contribution in [0.3, 0.4) is 0 Å². The summed E-state index contributed by atoms with van der Waals surface area (Å²) in [6.45, 7) is 0.416. The molecule has 21 heavy (non-hydrogen) atoms. The number of anilines is 1. The zero-order valence-corrected chi connectivity index (χ0v) is 11.3. The number of hydrogen-bond acceptors (Lipinski definition) is 5. The van der Waals surface area contributed by atoms with Gasteiger partial charge in [0.05, 0.1) is 5.60 Å². The second-order valence-corrected chi connectivity index (χ2v) is 5.09. The van der Waals surface area contributed by atoms with Crippen molar-refractivity contribution in [1.82, 2.24) is 19.6 Å². The van der Waals surface area contributed by atoms with Crippen LogP contribution in [0.5, 0.6) is 0 Å². The zero-order chi connectivity index (χ0) is 15.1. The first kappa shape index (κ1) is 14.1. The Bertz CT molecular complexity index is 644. The van der Waals surface area contributed by atoms with Gasteiger partial charge in [0.2, 0.25) is 0 Å². The summed E-state index contributed by atoms with van der Waals surface area (Å²) in [5.74, 6) is 0.112. The summed E-state index contributed by atoms with van der Waals surface area (Å²) in [6.07, 6.45) is -0.538. The molecule has 0 aliphatic heterocycles. The first-order valence-electron chi connectivity index (χ1n) is 6.51. The normalized spacial score (nSPS) is 17.7. The van der Waals surface area contributed by atoms with Gasteiger partial charge in [-0.25, -0.2) is 4.98 Å². The Hall–Kier alpha value is -1.90. The predicted molar refractivity (Wildman–Crippen MR) is 67.9 cm³/mol. The van der Waals surface area contributed by atoms with Gasteiger partial charge in [0.1, 0.15) is 12.1 Å². The lowest BCUT2D eigenvalue weighted by molar-refractivity contribution is -0.141. The molecule has 1 aliphatic carbocycles. The van der Waals surface area contributed by atoms with Gasteiger partial charge < -0.3 is 10.1 Å². The van der Waals surface area contributed by atoms with Crippen molar-refractivity contribution in [3.05, 3.63) is 18.1 Å². The summed E-state index contributed by atoms with van der Waals surface area (Å²) in [7, 11) is 1.61. The number of aromatic nitrogens is 4. The number of methoxy groups -OCH3 is 1. The van der Waals surface area contributed by atoms with Crippen LogP contribution in [-0.2, 0) is 10.9 Å². The van der Waals surface area contributed by atoms with Crippen molar-refractivity contribution in [1.29, 1.82) is 0 Å². The van der Waals surface area contributed by atoms with Crippen LogP contribution in [0, 0.1) is 0 Å². The molecule has 3 rings (SSSR count). The Morgan fingerprint density at radius 3 is 2.76 bits per heavy atom. The maximum Gasteiger partial charge on any atom is 0.433 e. The lowest BCUT2D eigenvalue weighted by atomic mass is 9.80. The minimum atomic E-state index is -4.53. The number of ether oxygens (including phenoxy) is 1. The van der Waals surface area contributed by atoms with Gasteiger partial charge in [0.15, 0.2) is 5.69 Å². The summed E-state index contributed by atoms with van der Waals surface area (Å²) >= 11 is 0. The molecule has 1 aliphatic rings. The van der Waals surface area contributed by atoms with E-state index in [1.807, 2.05) is 0 Å². The molecule has 0 saturated heterocycles. The van der Waals surface area contributed by atoms with Crippen molar-refractivity contribution in [2.45, 2.75) is 31.0 Å². The molecule has 0 bridgehead atoms. The van der Waals surface area contributed by atoms with Crippen molar-refractivity contribution in [2.24, 2.45) is 0 Å². The van der Waals surface area contributed by atoms with E-state index in [1.165, 1.54) is 10.8 Å². The lowest BCUT2D eigenvalue weighted by Gasteiger charge is -2.40. The molecule has 6 nitrogen and oxygen atoms in total. The second kappa shape index (κ2) is 4.83. The molecule has 2 heterocycles. The molecule has 0 atom stereocenters. The van der Waals surface area contributed by atoms with Gasteiger partial charge in [0.25, 0.3) is 5.78 Å². The molecule has 0 radical (unpaired) electrons. The third-order valence-electron chi connectivity index (χ3n) is 3.83. The van der Waals surface area contributed by atoms with E-state index in [-0.39, 0.29) is 17.2 Å². The second-order valence-electron chi connectivity index (χ2n) is 5.09. The van der Waals surface area contributed by atoms with Crippen molar-refractivity contribution >= 4 is 11.6 Å². The fourth-order valence-electron chi connectivity index (χ4n) is 2.36. The third kappa shape index (κ3) is 2.53. The van der Waals surface area contributed by atoms with Gasteiger partial charge in [-0.05, 0) is 19.3 Å². The Morgan fingerprint density at radius 1 is 1.43 bits per heavy atom. The van der Waals surface area contributed by atoms with E-state index in [4.69, 9.17) is 4.74 Å². The zero-order valence-electron chi connectivity index (χ0n) is 11.3. The summed E-state index contributed by atoms with van der Waals surface area (Å²) in [4.78, 5) is 7.18. The third-order valence-corrected chi connectivity index (χ3v) is 3.83. The Kier molecular flexibility index (Phi) is 3.23. The predicted octanol–water partition coefficient (Wildman–Crippen LogP) is 2.12. The maximum absolute atomic E-state index is 12.8. The molecule has 9 heteroatoms. The average Bonchev–Trinajstić information content (AvgIpc) is 2.85. The quantitative estimate of drug-likeness (QED) is 0.937. The van der Waals surface area contributed by atoms with E-state index < -0.39 is 11.9 Å². The van der Waals surface area contributed by atoms with Crippen molar-refractivity contribution in [3.63, 3.8) is 0 Å². The summed E-state index contributed by atoms with van der Waals surface area (Å²) in [5.41, 5.74) is -1.31. The molecular weight excluding hydrogens is 287 g/mol. The van der Waals surface area contributed by atoms with Gasteiger partial charge in [-0.1, -0.05) is 0 Å². The van der Waals surface area contributed by atoms with E-state index >= 15 is 0 Å². The van der Waals surface area contributed by atoms with Crippen LogP contribution in [0.15, 0.2) is 12.4 Å². The van der Waals surface area contributed by atoms with Crippen molar-refractivity contribution in [2.75, 3.05) is 19.0 Å². The van der Waals surface area contributed by atoms with Gasteiger partial charge in [0, 0.05) is 19.7 Å². The summed E-state index contributed by atoms with van der Waals surface area (Å²) < 4.78 is 45.2. The van der Waals surface area contributed by atoms with Gasteiger partial charge in [-0.2, -0.15) is 27.8 Å². The smallest absolute Gasteiger partial charge is 0.376 e. The van der Waals surface area contributed by atoms with E-state index in [0.29, 0.717) is 6.54 Å². The van der Waals surface area contributed by atoms with Crippen LogP contribution in [0.1, 0.15) is 25.0 Å². The number of nitrogens with one attached hydrogen (secondary N) is 1. The van der Waals surface area contributed by atoms with Gasteiger partial charge >= 0.3 is 6.18 Å². The van der Waals surface area contributed by atoms with Crippen LogP contribution in [0.2, 0.25) is 0 Å². The van der Waals surface area contributed by atoms with Crippen molar-refractivity contribution < 1.29 is 17.9 Å². The molecule has 2 aromatic rings. The lowest BCUT2D eigenvalue weighted by Crippen LogP contribution is -2.45. The van der Waals surface area contributed by atoms with Crippen LogP contribution in [0.4, 0.5) is 19.0 Å². The first-order valence-corrected chi connectivity index (χ1v) is 6.51. The largest absolute Gasteiger partial charge is 0.433 e. The number of rotatable bonds is 4. The fourth-order valence-corrected chi connectivity index (χ4v) is 2.36. The monoisotopic (exact) mass is 301 g/mol. The Balaban J connectivity index is 1.91. The minimum absolute atomic E-state index is 0.0904. The van der Waals surface area contributed by atoms with Crippen LogP contribution in [0.25, 0.3) is 5.78 Å². The minimum Gasteiger partial charge on any atom is -0.376 e. The molecule has 0 amide bonds. The molecule has 0 spiro atoms. The van der Waals surface area contributed by atoms with Crippen LogP contribution in [-0.4, -0.2) is 38.8 Å². The highest BCUT2D eigenvalue weighted by Crippen LogP contribution is 2.35. The highest BCUT2D eigenvalue weighted by molar-refractivity contribution is 5.46. The molecular formula is C12H14F3N5O. The molecule has 0 unspecified atom stereocenters. The molecule has 0 aromatic carbocycles. The number of alkyl halides is 3. The standard InChI is InChI=1S/C12H14F3N5O/c1-21-11(3-2-4-11)6-16-9-5-8(12(13,14)15)19-10-17-7-18-20(9)10/h5,7,16H,2-4,6H2,1H3. The summed E-state index contributed by atoms with van der Waals surface area (Å²) in [6, 6.07) is 0.934. The molecule has 1 fully saturated rings. The molecule has 114 valence electrons. The van der Waals surface area contributed by atoms with E-state index in [2.05, 4.69) is 20.4 Å². The average molecular weight is 301 g/mol. The maximum atomic E-state index is 12.8. The molecule has 1 saturated carbocycles. The summed E-state index contributed by atoms with van der Waals surface area (Å²) in [5, 5.41) is 6.86. The number of nitrogens with zero attached hydrogens (tertiary/aromatic N) is 4. The number of hydrogen-bond donors (Lipinski definition) is 1. The Labute approximate surface area is 118 Å². The van der Waals surface area contributed by atoms with Crippen LogP contribution >= 0.6 is 0 Å². The number of halogens is 3. The number of fused-ring (bicyclic) bond motifs is 1. The SMILES string of the molecule is COC1(CNc2cc(C(F)(F)F)nc3ncnn23)CCC1. The molecule has 2 aromatic heterocycles. The van der Waals surface area contributed by atoms with E-state index in [1.54, 1.807) is 7.11 Å². The topological polar surface area (TPSA) is 64.3 Å². The van der Waals surface area contributed by atoms with E-state index in [0.717, 1.165) is 25.3 Å². The highest BCUT2D eigenvalue weighted by Gasteiger charge is 2.38. The fraction of sp³-hybridized carbons (Fsp3) is 0.583. The highest BCUT2D eigenvalue weighted by atomic mass is 19.4. The van der Waals surface area contributed by atoms with Gasteiger partial charge in [-0.15, -0.1) is 0 Å². The van der Waals surface area contributed by atoms with Crippen molar-refractivity contribution in [3.8, 4) is 0 Å². The first-order chi connectivity index (χ1) is 9.93. The molecule has 1 N–H and O–H groups in total.